The number of halogens is 1. The van der Waals surface area contributed by atoms with Crippen molar-refractivity contribution in [2.45, 2.75) is 20.3 Å². The number of rotatable bonds is 5. The van der Waals surface area contributed by atoms with E-state index in [1.54, 1.807) is 18.2 Å². The molecular formula is C13H16BrNO4. The van der Waals surface area contributed by atoms with E-state index in [1.165, 1.54) is 21.0 Å². The number of anilines is 1. The van der Waals surface area contributed by atoms with Gasteiger partial charge >= 0.3 is 5.97 Å². The fourth-order valence-electron chi connectivity index (χ4n) is 1.42. The van der Waals surface area contributed by atoms with Gasteiger partial charge in [-0.3, -0.25) is 9.59 Å². The summed E-state index contributed by atoms with van der Waals surface area (Å²) in [5, 5.41) is 11.6. The Morgan fingerprint density at radius 2 is 2.05 bits per heavy atom. The maximum Gasteiger partial charge on any atom is 0.309 e. The Morgan fingerprint density at radius 3 is 2.58 bits per heavy atom. The van der Waals surface area contributed by atoms with E-state index >= 15 is 0 Å². The summed E-state index contributed by atoms with van der Waals surface area (Å²) in [6, 6.07) is 5.12. The van der Waals surface area contributed by atoms with Gasteiger partial charge in [-0.1, -0.05) is 0 Å². The average Bonchev–Trinajstić information content (AvgIpc) is 2.30. The van der Waals surface area contributed by atoms with Gasteiger partial charge in [0.05, 0.1) is 17.0 Å². The molecule has 0 saturated heterocycles. The number of hydrogen-bond donors (Lipinski definition) is 2. The number of nitrogens with one attached hydrogen (secondary N) is 1. The van der Waals surface area contributed by atoms with Crippen molar-refractivity contribution in [3.05, 3.63) is 22.7 Å². The molecule has 1 aromatic rings. The summed E-state index contributed by atoms with van der Waals surface area (Å²) in [6.45, 7) is 3.02. The highest BCUT2D eigenvalue weighted by Crippen LogP contribution is 2.28. The number of carbonyl (C=O) groups excluding carboxylic acids is 1. The normalized spacial score (nSPS) is 10.9. The zero-order chi connectivity index (χ0) is 14.6. The van der Waals surface area contributed by atoms with Crippen molar-refractivity contribution in [1.82, 2.24) is 0 Å². The summed E-state index contributed by atoms with van der Waals surface area (Å²) >= 11 is 3.31. The highest BCUT2D eigenvalue weighted by molar-refractivity contribution is 9.10. The lowest BCUT2D eigenvalue weighted by molar-refractivity contribution is -0.148. The third-order valence-corrected chi connectivity index (χ3v) is 3.27. The van der Waals surface area contributed by atoms with E-state index in [9.17, 15) is 9.59 Å². The molecule has 0 radical (unpaired) electrons. The van der Waals surface area contributed by atoms with Gasteiger partial charge in [0.25, 0.3) is 0 Å². The minimum Gasteiger partial charge on any atom is -0.495 e. The van der Waals surface area contributed by atoms with Gasteiger partial charge in [0.2, 0.25) is 5.91 Å². The first-order valence-corrected chi connectivity index (χ1v) is 6.42. The molecule has 0 aliphatic rings. The van der Waals surface area contributed by atoms with Crippen LogP contribution in [0.5, 0.6) is 5.75 Å². The molecule has 19 heavy (non-hydrogen) atoms. The lowest BCUT2D eigenvalue weighted by atomic mass is 9.89. The number of carboxylic acid groups (broad SMARTS) is 1. The van der Waals surface area contributed by atoms with E-state index in [-0.39, 0.29) is 12.3 Å². The summed E-state index contributed by atoms with van der Waals surface area (Å²) < 4.78 is 5.89. The van der Waals surface area contributed by atoms with Gasteiger partial charge in [-0.25, -0.2) is 0 Å². The highest BCUT2D eigenvalue weighted by Gasteiger charge is 2.30. The topological polar surface area (TPSA) is 75.6 Å². The Balaban J connectivity index is 2.75. The summed E-state index contributed by atoms with van der Waals surface area (Å²) in [7, 11) is 1.53. The molecule has 5 nitrogen and oxygen atoms in total. The minimum atomic E-state index is -1.09. The number of ether oxygens (including phenoxy) is 1. The predicted molar refractivity (Wildman–Crippen MR) is 75.4 cm³/mol. The van der Waals surface area contributed by atoms with Crippen molar-refractivity contribution in [2.75, 3.05) is 12.4 Å². The lowest BCUT2D eigenvalue weighted by Gasteiger charge is -2.18. The lowest BCUT2D eigenvalue weighted by Crippen LogP contribution is -2.29. The van der Waals surface area contributed by atoms with Gasteiger partial charge in [-0.2, -0.15) is 0 Å². The molecule has 0 unspecified atom stereocenters. The van der Waals surface area contributed by atoms with Crippen LogP contribution in [0.4, 0.5) is 5.69 Å². The Bertz CT molecular complexity index is 499. The molecule has 0 aliphatic heterocycles. The van der Waals surface area contributed by atoms with Gasteiger partial charge < -0.3 is 15.2 Å². The molecule has 0 atom stereocenters. The number of amides is 1. The Kier molecular flexibility index (Phi) is 4.94. The van der Waals surface area contributed by atoms with Gasteiger partial charge in [0, 0.05) is 18.2 Å². The monoisotopic (exact) mass is 329 g/mol. The van der Waals surface area contributed by atoms with Crippen LogP contribution >= 0.6 is 15.9 Å². The van der Waals surface area contributed by atoms with Crippen LogP contribution in [0.3, 0.4) is 0 Å². The van der Waals surface area contributed by atoms with Gasteiger partial charge in [0.15, 0.2) is 0 Å². The van der Waals surface area contributed by atoms with E-state index in [4.69, 9.17) is 9.84 Å². The maximum absolute atomic E-state index is 11.8. The maximum atomic E-state index is 11.8. The molecule has 0 aromatic heterocycles. The number of carbonyl (C=O) groups is 2. The number of benzene rings is 1. The first-order valence-electron chi connectivity index (χ1n) is 5.63. The van der Waals surface area contributed by atoms with Crippen molar-refractivity contribution >= 4 is 33.5 Å². The van der Waals surface area contributed by atoms with Crippen LogP contribution in [0.2, 0.25) is 0 Å². The van der Waals surface area contributed by atoms with E-state index in [1.807, 2.05) is 0 Å². The van der Waals surface area contributed by atoms with Gasteiger partial charge in [-0.15, -0.1) is 0 Å². The molecule has 1 amide bonds. The molecule has 0 spiro atoms. The Morgan fingerprint density at radius 1 is 1.42 bits per heavy atom. The fourth-order valence-corrected chi connectivity index (χ4v) is 1.83. The largest absolute Gasteiger partial charge is 0.495 e. The predicted octanol–water partition coefficient (Wildman–Crippen LogP) is 2.90. The standard InChI is InChI=1S/C13H16BrNO4/c1-13(2,12(17)18)7-11(16)15-8-4-5-9(14)10(6-8)19-3/h4-6H,7H2,1-3H3,(H,15,16)(H,17,18). The van der Waals surface area contributed by atoms with Crippen LogP contribution < -0.4 is 10.1 Å². The zero-order valence-electron chi connectivity index (χ0n) is 11.0. The highest BCUT2D eigenvalue weighted by atomic mass is 79.9. The molecule has 0 bridgehead atoms. The molecule has 0 aliphatic carbocycles. The Hall–Kier alpha value is -1.56. The number of aliphatic carboxylic acids is 1. The molecule has 0 heterocycles. The summed E-state index contributed by atoms with van der Waals surface area (Å²) in [5.74, 6) is -0.761. The van der Waals surface area contributed by atoms with Crippen molar-refractivity contribution in [3.8, 4) is 5.75 Å². The van der Waals surface area contributed by atoms with Crippen molar-refractivity contribution < 1.29 is 19.4 Å². The smallest absolute Gasteiger partial charge is 0.309 e. The molecule has 1 rings (SSSR count). The van der Waals surface area contributed by atoms with Crippen LogP contribution in [0.1, 0.15) is 20.3 Å². The molecule has 1 aromatic carbocycles. The van der Waals surface area contributed by atoms with E-state index in [0.29, 0.717) is 11.4 Å². The van der Waals surface area contributed by atoms with Crippen molar-refractivity contribution in [2.24, 2.45) is 5.41 Å². The fraction of sp³-hybridized carbons (Fsp3) is 0.385. The van der Waals surface area contributed by atoms with Crippen molar-refractivity contribution in [1.29, 1.82) is 0 Å². The van der Waals surface area contributed by atoms with Gasteiger partial charge in [-0.05, 0) is 41.9 Å². The second-order valence-corrected chi connectivity index (χ2v) is 5.62. The quantitative estimate of drug-likeness (QED) is 0.870. The second-order valence-electron chi connectivity index (χ2n) is 4.76. The van der Waals surface area contributed by atoms with Gasteiger partial charge in [0.1, 0.15) is 5.75 Å². The first-order chi connectivity index (χ1) is 8.76. The second kappa shape index (κ2) is 6.06. The first kappa shape index (κ1) is 15.5. The number of hydrogen-bond acceptors (Lipinski definition) is 3. The number of methoxy groups -OCH3 is 1. The average molecular weight is 330 g/mol. The van der Waals surface area contributed by atoms with Crippen LogP contribution in [0.15, 0.2) is 22.7 Å². The molecule has 104 valence electrons. The molecule has 0 saturated carbocycles. The summed E-state index contributed by atoms with van der Waals surface area (Å²) in [6.07, 6.45) is -0.0965. The van der Waals surface area contributed by atoms with Crippen LogP contribution in [-0.2, 0) is 9.59 Å². The Labute approximate surface area is 120 Å². The minimum absolute atomic E-state index is 0.0965. The molecular weight excluding hydrogens is 314 g/mol. The molecule has 2 N–H and O–H groups in total. The number of carboxylic acids is 1. The summed E-state index contributed by atoms with van der Waals surface area (Å²) in [5.41, 5.74) is -0.532. The zero-order valence-corrected chi connectivity index (χ0v) is 12.6. The van der Waals surface area contributed by atoms with E-state index in [0.717, 1.165) is 4.47 Å². The third-order valence-electron chi connectivity index (χ3n) is 2.62. The SMILES string of the molecule is COc1cc(NC(=O)CC(C)(C)C(=O)O)ccc1Br. The van der Waals surface area contributed by atoms with Crippen LogP contribution in [0.25, 0.3) is 0 Å². The van der Waals surface area contributed by atoms with E-state index < -0.39 is 11.4 Å². The van der Waals surface area contributed by atoms with Crippen LogP contribution in [-0.4, -0.2) is 24.1 Å². The van der Waals surface area contributed by atoms with Crippen LogP contribution in [0, 0.1) is 5.41 Å². The van der Waals surface area contributed by atoms with E-state index in [2.05, 4.69) is 21.2 Å². The third kappa shape index (κ3) is 4.24. The van der Waals surface area contributed by atoms with Crippen molar-refractivity contribution in [3.63, 3.8) is 0 Å². The molecule has 6 heteroatoms. The summed E-state index contributed by atoms with van der Waals surface area (Å²) in [4.78, 5) is 22.7. The molecule has 0 fully saturated rings.